The molecule has 0 aromatic heterocycles. The van der Waals surface area contributed by atoms with Crippen molar-refractivity contribution in [2.75, 3.05) is 20.1 Å². The Labute approximate surface area is 112 Å². The van der Waals surface area contributed by atoms with Crippen LogP contribution in [0.5, 0.6) is 0 Å². The zero-order chi connectivity index (χ0) is 14.3. The molecule has 1 N–H and O–H groups in total. The molecule has 0 atom stereocenters. The highest BCUT2D eigenvalue weighted by Crippen LogP contribution is 2.10. The normalized spacial score (nSPS) is 10.3. The summed E-state index contributed by atoms with van der Waals surface area (Å²) in [4.78, 5) is 13.3. The summed E-state index contributed by atoms with van der Waals surface area (Å²) < 4.78 is 13.2. The van der Waals surface area contributed by atoms with Gasteiger partial charge >= 0.3 is 0 Å². The van der Waals surface area contributed by atoms with E-state index in [9.17, 15) is 9.18 Å². The second-order valence-corrected chi connectivity index (χ2v) is 4.48. The number of likely N-dealkylation sites (N-methyl/N-ethyl adjacent to an activating group) is 1. The van der Waals surface area contributed by atoms with Crippen LogP contribution >= 0.6 is 0 Å². The van der Waals surface area contributed by atoms with E-state index in [-0.39, 0.29) is 12.5 Å². The molecule has 0 heterocycles. The second kappa shape index (κ2) is 7.49. The summed E-state index contributed by atoms with van der Waals surface area (Å²) in [6, 6.07) is 6.11. The van der Waals surface area contributed by atoms with Crippen LogP contribution in [0.3, 0.4) is 0 Å². The van der Waals surface area contributed by atoms with E-state index < -0.39 is 5.82 Å². The molecule has 0 aliphatic carbocycles. The Balaban J connectivity index is 2.57. The average Bonchev–Trinajstić information content (AvgIpc) is 2.35. The van der Waals surface area contributed by atoms with E-state index >= 15 is 0 Å². The van der Waals surface area contributed by atoms with Gasteiger partial charge in [-0.25, -0.2) is 4.39 Å². The van der Waals surface area contributed by atoms with Crippen LogP contribution in [0, 0.1) is 17.1 Å². The van der Waals surface area contributed by atoms with E-state index in [4.69, 9.17) is 5.26 Å². The van der Waals surface area contributed by atoms with Crippen LogP contribution in [-0.4, -0.2) is 30.9 Å². The monoisotopic (exact) mass is 263 g/mol. The molecular formula is C14H18FN3O. The molecule has 102 valence electrons. The van der Waals surface area contributed by atoms with Crippen LogP contribution in [0.4, 0.5) is 4.39 Å². The zero-order valence-electron chi connectivity index (χ0n) is 11.2. The van der Waals surface area contributed by atoms with Crippen molar-refractivity contribution in [3.8, 4) is 6.07 Å². The van der Waals surface area contributed by atoms with E-state index in [0.29, 0.717) is 24.2 Å². The molecule has 0 aliphatic heterocycles. The van der Waals surface area contributed by atoms with Crippen LogP contribution in [0.2, 0.25) is 0 Å². The lowest BCUT2D eigenvalue weighted by Gasteiger charge is -2.16. The second-order valence-electron chi connectivity index (χ2n) is 4.48. The Morgan fingerprint density at radius 3 is 2.84 bits per heavy atom. The van der Waals surface area contributed by atoms with Crippen LogP contribution in [-0.2, 0) is 11.3 Å². The molecule has 0 aliphatic rings. The Kier molecular flexibility index (Phi) is 5.97. The van der Waals surface area contributed by atoms with E-state index in [1.807, 2.05) is 13.0 Å². The molecule has 1 aromatic carbocycles. The standard InChI is InChI=1S/C14H18FN3O/c1-3-4-17-14(19)10-18(2)9-12-5-11(8-16)6-13(15)7-12/h5-7H,3-4,9-10H2,1-2H3,(H,17,19). The molecule has 0 spiro atoms. The summed E-state index contributed by atoms with van der Waals surface area (Å²) in [5.74, 6) is -0.487. The highest BCUT2D eigenvalue weighted by Gasteiger charge is 2.08. The third kappa shape index (κ3) is 5.49. The van der Waals surface area contributed by atoms with Crippen molar-refractivity contribution < 1.29 is 9.18 Å². The smallest absolute Gasteiger partial charge is 0.234 e. The number of halogens is 1. The number of carbonyl (C=O) groups excluding carboxylic acids is 1. The van der Waals surface area contributed by atoms with Crippen LogP contribution in [0.15, 0.2) is 18.2 Å². The first-order chi connectivity index (χ1) is 9.05. The highest BCUT2D eigenvalue weighted by atomic mass is 19.1. The third-order valence-corrected chi connectivity index (χ3v) is 2.52. The Hall–Kier alpha value is -1.93. The molecule has 1 amide bonds. The number of rotatable bonds is 6. The van der Waals surface area contributed by atoms with Crippen molar-refractivity contribution in [3.05, 3.63) is 35.1 Å². The van der Waals surface area contributed by atoms with Crippen molar-refractivity contribution >= 4 is 5.91 Å². The summed E-state index contributed by atoms with van der Waals surface area (Å²) in [7, 11) is 1.78. The van der Waals surface area contributed by atoms with Gasteiger partial charge in [0.2, 0.25) is 5.91 Å². The largest absolute Gasteiger partial charge is 0.355 e. The number of nitrogens with zero attached hydrogens (tertiary/aromatic N) is 2. The van der Waals surface area contributed by atoms with Crippen molar-refractivity contribution in [1.82, 2.24) is 10.2 Å². The Morgan fingerprint density at radius 2 is 2.21 bits per heavy atom. The van der Waals surface area contributed by atoms with Crippen molar-refractivity contribution in [3.63, 3.8) is 0 Å². The number of hydrogen-bond donors (Lipinski definition) is 1. The van der Waals surface area contributed by atoms with Crippen molar-refractivity contribution in [2.45, 2.75) is 19.9 Å². The van der Waals surface area contributed by atoms with Gasteiger partial charge in [0.25, 0.3) is 0 Å². The molecule has 5 heteroatoms. The number of benzene rings is 1. The van der Waals surface area contributed by atoms with Crippen molar-refractivity contribution in [2.24, 2.45) is 0 Å². The quantitative estimate of drug-likeness (QED) is 0.849. The molecule has 4 nitrogen and oxygen atoms in total. The molecule has 0 unspecified atom stereocenters. The van der Waals surface area contributed by atoms with Gasteiger partial charge in [0.1, 0.15) is 5.82 Å². The zero-order valence-corrected chi connectivity index (χ0v) is 11.2. The lowest BCUT2D eigenvalue weighted by molar-refractivity contribution is -0.122. The van der Waals surface area contributed by atoms with Crippen LogP contribution in [0.25, 0.3) is 0 Å². The lowest BCUT2D eigenvalue weighted by atomic mass is 10.1. The van der Waals surface area contributed by atoms with E-state index in [1.54, 1.807) is 18.0 Å². The number of nitrogens with one attached hydrogen (secondary N) is 1. The molecule has 0 saturated carbocycles. The van der Waals surface area contributed by atoms with Gasteiger partial charge in [-0.3, -0.25) is 9.69 Å². The number of carbonyl (C=O) groups is 1. The van der Waals surface area contributed by atoms with Gasteiger partial charge in [0.15, 0.2) is 0 Å². The number of hydrogen-bond acceptors (Lipinski definition) is 3. The van der Waals surface area contributed by atoms with E-state index in [2.05, 4.69) is 5.32 Å². The maximum atomic E-state index is 13.2. The lowest BCUT2D eigenvalue weighted by Crippen LogP contribution is -2.35. The average molecular weight is 263 g/mol. The summed E-state index contributed by atoms with van der Waals surface area (Å²) in [6.07, 6.45) is 0.894. The topological polar surface area (TPSA) is 56.1 Å². The van der Waals surface area contributed by atoms with Crippen molar-refractivity contribution in [1.29, 1.82) is 5.26 Å². The minimum absolute atomic E-state index is 0.0544. The molecule has 1 aromatic rings. The van der Waals surface area contributed by atoms with E-state index in [1.165, 1.54) is 12.1 Å². The molecule has 0 bridgehead atoms. The van der Waals surface area contributed by atoms with Crippen LogP contribution < -0.4 is 5.32 Å². The summed E-state index contributed by atoms with van der Waals surface area (Å²) in [6.45, 7) is 3.32. The molecular weight excluding hydrogens is 245 g/mol. The van der Waals surface area contributed by atoms with Gasteiger partial charge in [-0.05, 0) is 37.2 Å². The van der Waals surface area contributed by atoms with E-state index in [0.717, 1.165) is 6.42 Å². The third-order valence-electron chi connectivity index (χ3n) is 2.52. The number of nitriles is 1. The minimum atomic E-state index is -0.433. The summed E-state index contributed by atoms with van der Waals surface area (Å²) in [5, 5.41) is 11.5. The molecule has 0 fully saturated rings. The predicted molar refractivity (Wildman–Crippen MR) is 70.7 cm³/mol. The summed E-state index contributed by atoms with van der Waals surface area (Å²) in [5.41, 5.74) is 0.973. The maximum absolute atomic E-state index is 13.2. The Bertz CT molecular complexity index is 482. The van der Waals surface area contributed by atoms with Gasteiger partial charge in [-0.1, -0.05) is 6.92 Å². The molecule has 1 rings (SSSR count). The SMILES string of the molecule is CCCNC(=O)CN(C)Cc1cc(F)cc(C#N)c1. The minimum Gasteiger partial charge on any atom is -0.355 e. The molecule has 0 saturated heterocycles. The number of amides is 1. The van der Waals surface area contributed by atoms with Crippen LogP contribution in [0.1, 0.15) is 24.5 Å². The van der Waals surface area contributed by atoms with Gasteiger partial charge in [-0.2, -0.15) is 5.26 Å². The van der Waals surface area contributed by atoms with Gasteiger partial charge in [0, 0.05) is 13.1 Å². The fourth-order valence-electron chi connectivity index (χ4n) is 1.74. The first-order valence-corrected chi connectivity index (χ1v) is 6.20. The maximum Gasteiger partial charge on any atom is 0.234 e. The highest BCUT2D eigenvalue weighted by molar-refractivity contribution is 5.77. The molecule has 19 heavy (non-hydrogen) atoms. The fraction of sp³-hybridized carbons (Fsp3) is 0.429. The first-order valence-electron chi connectivity index (χ1n) is 6.20. The Morgan fingerprint density at radius 1 is 1.47 bits per heavy atom. The predicted octanol–water partition coefficient (Wildman–Crippen LogP) is 1.66. The van der Waals surface area contributed by atoms with Gasteiger partial charge < -0.3 is 5.32 Å². The first kappa shape index (κ1) is 15.1. The van der Waals surface area contributed by atoms with Gasteiger partial charge in [-0.15, -0.1) is 0 Å². The summed E-state index contributed by atoms with van der Waals surface area (Å²) >= 11 is 0. The van der Waals surface area contributed by atoms with Gasteiger partial charge in [0.05, 0.1) is 18.2 Å². The fourth-order valence-corrected chi connectivity index (χ4v) is 1.74. The molecule has 0 radical (unpaired) electrons.